The van der Waals surface area contributed by atoms with Gasteiger partial charge in [-0.05, 0) is 62.9 Å². The molecule has 192 valence electrons. The quantitative estimate of drug-likeness (QED) is 0.511. The van der Waals surface area contributed by atoms with Crippen LogP contribution in [-0.4, -0.2) is 47.1 Å². The van der Waals surface area contributed by atoms with Gasteiger partial charge in [0.25, 0.3) is 5.56 Å². The minimum atomic E-state index is -0.318. The van der Waals surface area contributed by atoms with Crippen molar-refractivity contribution in [1.82, 2.24) is 9.55 Å². The normalized spacial score (nSPS) is 18.5. The second kappa shape index (κ2) is 10.4. The molecular weight excluding hydrogens is 483 g/mol. The average Bonchev–Trinajstić information content (AvgIpc) is 2.88. The molecule has 2 aromatic carbocycles. The third kappa shape index (κ3) is 4.94. The van der Waals surface area contributed by atoms with Gasteiger partial charge in [0.1, 0.15) is 11.6 Å². The van der Waals surface area contributed by atoms with Gasteiger partial charge in [-0.25, -0.2) is 9.37 Å². The van der Waals surface area contributed by atoms with Crippen LogP contribution >= 0.6 is 11.6 Å². The van der Waals surface area contributed by atoms with Crippen molar-refractivity contribution in [2.45, 2.75) is 50.7 Å². The molecule has 7 nitrogen and oxygen atoms in total. The van der Waals surface area contributed by atoms with Crippen molar-refractivity contribution in [1.29, 1.82) is 0 Å². The molecule has 0 aliphatic carbocycles. The van der Waals surface area contributed by atoms with Gasteiger partial charge in [-0.2, -0.15) is 0 Å². The molecule has 2 N–H and O–H groups in total. The number of nitrogens with zero attached hydrogens (tertiary/aromatic N) is 3. The number of piperidine rings is 1. The second-order valence-electron chi connectivity index (χ2n) is 9.86. The van der Waals surface area contributed by atoms with Crippen LogP contribution < -0.4 is 15.8 Å². The minimum Gasteiger partial charge on any atom is -0.393 e. The first-order valence-electron chi connectivity index (χ1n) is 12.6. The molecule has 0 spiro atoms. The van der Waals surface area contributed by atoms with Gasteiger partial charge in [0.05, 0.1) is 34.4 Å². The maximum absolute atomic E-state index is 14.2. The summed E-state index contributed by atoms with van der Waals surface area (Å²) in [6.07, 6.45) is 2.62. The largest absolute Gasteiger partial charge is 0.393 e. The van der Waals surface area contributed by atoms with E-state index in [0.717, 1.165) is 35.6 Å². The lowest BCUT2D eigenvalue weighted by Gasteiger charge is -2.33. The highest BCUT2D eigenvalue weighted by Crippen LogP contribution is 2.35. The standard InChI is InChI=1S/C27H32ClFN4O3/c1-16(30-23-4-3-19(29)15-24(23)33-9-5-20(34)6-10-33)21-13-18(28)14-22-25(21)31-26(32(2)27(22)35)17-7-11-36-12-8-17/h3-4,13-17,20,30,34H,5-12H2,1-2H3/t16-/m1/s1. The number of nitrogens with one attached hydrogen (secondary N) is 1. The Balaban J connectivity index is 1.54. The summed E-state index contributed by atoms with van der Waals surface area (Å²) >= 11 is 6.47. The van der Waals surface area contributed by atoms with Crippen molar-refractivity contribution < 1.29 is 14.2 Å². The molecule has 0 saturated carbocycles. The van der Waals surface area contributed by atoms with E-state index in [1.54, 1.807) is 23.7 Å². The van der Waals surface area contributed by atoms with Gasteiger partial charge in [0.2, 0.25) is 0 Å². The zero-order valence-corrected chi connectivity index (χ0v) is 21.4. The van der Waals surface area contributed by atoms with Crippen LogP contribution in [-0.2, 0) is 11.8 Å². The number of anilines is 2. The number of rotatable bonds is 5. The molecule has 0 unspecified atom stereocenters. The third-order valence-corrected chi connectivity index (χ3v) is 7.62. The van der Waals surface area contributed by atoms with Crippen LogP contribution in [0.2, 0.25) is 5.02 Å². The van der Waals surface area contributed by atoms with Crippen molar-refractivity contribution in [3.05, 3.63) is 62.9 Å². The number of aliphatic hydroxyl groups is 1. The van der Waals surface area contributed by atoms with Crippen molar-refractivity contribution in [2.24, 2.45) is 7.05 Å². The van der Waals surface area contributed by atoms with Crippen LogP contribution in [0.15, 0.2) is 35.1 Å². The molecule has 0 radical (unpaired) electrons. The molecule has 3 aromatic rings. The van der Waals surface area contributed by atoms with Crippen LogP contribution in [0.5, 0.6) is 0 Å². The summed E-state index contributed by atoms with van der Waals surface area (Å²) in [4.78, 5) is 20.4. The number of ether oxygens (including phenoxy) is 1. The van der Waals surface area contributed by atoms with E-state index in [9.17, 15) is 14.3 Å². The topological polar surface area (TPSA) is 79.6 Å². The summed E-state index contributed by atoms with van der Waals surface area (Å²) < 4.78 is 21.4. The summed E-state index contributed by atoms with van der Waals surface area (Å²) in [5, 5.41) is 14.4. The fourth-order valence-electron chi connectivity index (χ4n) is 5.34. The molecule has 3 heterocycles. The van der Waals surface area contributed by atoms with E-state index in [-0.39, 0.29) is 29.4 Å². The van der Waals surface area contributed by atoms with E-state index in [2.05, 4.69) is 10.2 Å². The smallest absolute Gasteiger partial charge is 0.261 e. The van der Waals surface area contributed by atoms with E-state index in [0.29, 0.717) is 55.1 Å². The predicted molar refractivity (Wildman–Crippen MR) is 141 cm³/mol. The number of aliphatic hydroxyl groups excluding tert-OH is 1. The summed E-state index contributed by atoms with van der Waals surface area (Å²) in [6, 6.07) is 7.97. The number of aromatic nitrogens is 2. The van der Waals surface area contributed by atoms with Crippen molar-refractivity contribution in [2.75, 3.05) is 36.5 Å². The first-order valence-corrected chi connectivity index (χ1v) is 13.0. The number of hydrogen-bond donors (Lipinski definition) is 2. The Bertz CT molecular complexity index is 1320. The van der Waals surface area contributed by atoms with Gasteiger partial charge in [0, 0.05) is 49.9 Å². The lowest BCUT2D eigenvalue weighted by atomic mass is 9.98. The minimum absolute atomic E-state index is 0.119. The van der Waals surface area contributed by atoms with Crippen molar-refractivity contribution in [3.63, 3.8) is 0 Å². The maximum atomic E-state index is 14.2. The highest BCUT2D eigenvalue weighted by molar-refractivity contribution is 6.31. The fourth-order valence-corrected chi connectivity index (χ4v) is 5.57. The Labute approximate surface area is 214 Å². The number of benzene rings is 2. The van der Waals surface area contributed by atoms with Gasteiger partial charge in [-0.15, -0.1) is 0 Å². The van der Waals surface area contributed by atoms with Gasteiger partial charge in [-0.1, -0.05) is 11.6 Å². The van der Waals surface area contributed by atoms with Crippen molar-refractivity contribution >= 4 is 33.9 Å². The van der Waals surface area contributed by atoms with E-state index >= 15 is 0 Å². The Morgan fingerprint density at radius 2 is 1.89 bits per heavy atom. The maximum Gasteiger partial charge on any atom is 0.261 e. The molecule has 2 saturated heterocycles. The molecule has 2 fully saturated rings. The zero-order valence-electron chi connectivity index (χ0n) is 20.6. The fraction of sp³-hybridized carbons (Fsp3) is 0.481. The van der Waals surface area contributed by atoms with Crippen LogP contribution in [0.25, 0.3) is 10.9 Å². The Morgan fingerprint density at radius 1 is 1.17 bits per heavy atom. The van der Waals surface area contributed by atoms with Crippen LogP contribution in [0.1, 0.15) is 56.0 Å². The predicted octanol–water partition coefficient (Wildman–Crippen LogP) is 4.75. The lowest BCUT2D eigenvalue weighted by Crippen LogP contribution is -2.36. The monoisotopic (exact) mass is 514 g/mol. The third-order valence-electron chi connectivity index (χ3n) is 7.40. The zero-order chi connectivity index (χ0) is 25.4. The Kier molecular flexibility index (Phi) is 7.19. The molecule has 9 heteroatoms. The van der Waals surface area contributed by atoms with E-state index in [4.69, 9.17) is 21.3 Å². The number of halogens is 2. The molecule has 5 rings (SSSR count). The van der Waals surface area contributed by atoms with Crippen LogP contribution in [0, 0.1) is 5.82 Å². The van der Waals surface area contributed by atoms with E-state index in [1.807, 2.05) is 13.0 Å². The number of hydrogen-bond acceptors (Lipinski definition) is 6. The Morgan fingerprint density at radius 3 is 2.61 bits per heavy atom. The van der Waals surface area contributed by atoms with Crippen LogP contribution in [0.3, 0.4) is 0 Å². The van der Waals surface area contributed by atoms with Gasteiger partial charge >= 0.3 is 0 Å². The SMILES string of the molecule is C[C@@H](Nc1ccc(F)cc1N1CCC(O)CC1)c1cc(Cl)cc2c(=O)n(C)c(C3CCOCC3)nc12. The van der Waals surface area contributed by atoms with E-state index in [1.165, 1.54) is 12.1 Å². The lowest BCUT2D eigenvalue weighted by molar-refractivity contribution is 0.0828. The van der Waals surface area contributed by atoms with Crippen LogP contribution in [0.4, 0.5) is 15.8 Å². The number of fused-ring (bicyclic) bond motifs is 1. The molecule has 0 bridgehead atoms. The molecule has 0 amide bonds. The summed E-state index contributed by atoms with van der Waals surface area (Å²) in [5.41, 5.74) is 2.86. The van der Waals surface area contributed by atoms with Gasteiger partial charge in [0.15, 0.2) is 0 Å². The molecular formula is C27H32ClFN4O3. The van der Waals surface area contributed by atoms with Gasteiger partial charge < -0.3 is 20.1 Å². The molecule has 36 heavy (non-hydrogen) atoms. The first kappa shape index (κ1) is 25.0. The molecule has 1 aromatic heterocycles. The average molecular weight is 515 g/mol. The molecule has 2 aliphatic rings. The van der Waals surface area contributed by atoms with E-state index < -0.39 is 0 Å². The second-order valence-corrected chi connectivity index (χ2v) is 10.3. The molecule has 2 aliphatic heterocycles. The van der Waals surface area contributed by atoms with Gasteiger partial charge in [-0.3, -0.25) is 9.36 Å². The summed E-state index contributed by atoms with van der Waals surface area (Å²) in [7, 11) is 1.77. The van der Waals surface area contributed by atoms with Crippen molar-refractivity contribution in [3.8, 4) is 0 Å². The summed E-state index contributed by atoms with van der Waals surface area (Å²) in [6.45, 7) is 4.61. The molecule has 1 atom stereocenters. The highest BCUT2D eigenvalue weighted by Gasteiger charge is 2.25. The Hall–Kier alpha value is -2.68. The highest BCUT2D eigenvalue weighted by atomic mass is 35.5. The first-order chi connectivity index (χ1) is 17.3. The summed E-state index contributed by atoms with van der Waals surface area (Å²) in [5.74, 6) is 0.612.